The van der Waals surface area contributed by atoms with E-state index in [4.69, 9.17) is 10.7 Å². The Bertz CT molecular complexity index is 854. The number of nitrogens with zero attached hydrogens (tertiary/aromatic N) is 3. The fourth-order valence-electron chi connectivity index (χ4n) is 3.53. The van der Waals surface area contributed by atoms with Crippen LogP contribution in [0.5, 0.6) is 0 Å². The number of anilines is 1. The summed E-state index contributed by atoms with van der Waals surface area (Å²) < 4.78 is 0. The zero-order chi connectivity index (χ0) is 16.5. The van der Waals surface area contributed by atoms with Gasteiger partial charge in [0.25, 0.3) is 0 Å². The van der Waals surface area contributed by atoms with Gasteiger partial charge in [0.2, 0.25) is 0 Å². The van der Waals surface area contributed by atoms with Crippen molar-refractivity contribution in [2.75, 3.05) is 18.0 Å². The normalized spacial score (nSPS) is 15.8. The molecule has 1 aliphatic heterocycles. The number of hydrogen-bond donors (Lipinski definition) is 1. The number of aromatic nitrogens is 2. The number of nitrogens with two attached hydrogens (primary N) is 1. The van der Waals surface area contributed by atoms with Crippen LogP contribution in [0.3, 0.4) is 0 Å². The van der Waals surface area contributed by atoms with Crippen molar-refractivity contribution in [2.45, 2.75) is 25.8 Å². The Hall–Kier alpha value is -2.46. The number of aryl methyl sites for hydroxylation is 1. The zero-order valence-electron chi connectivity index (χ0n) is 13.9. The van der Waals surface area contributed by atoms with Crippen molar-refractivity contribution in [2.24, 2.45) is 5.73 Å². The Kier molecular flexibility index (Phi) is 3.90. The SMILES string of the molecule is Cc1cc(N2CCCC2)c2ccc(C(N)c3ccncc3)cc2n1. The first-order valence-electron chi connectivity index (χ1n) is 8.54. The average Bonchev–Trinajstić information content (AvgIpc) is 3.15. The van der Waals surface area contributed by atoms with Gasteiger partial charge < -0.3 is 10.6 Å². The van der Waals surface area contributed by atoms with Crippen molar-refractivity contribution < 1.29 is 0 Å². The summed E-state index contributed by atoms with van der Waals surface area (Å²) in [5.74, 6) is 0. The molecule has 1 saturated heterocycles. The molecule has 0 aliphatic carbocycles. The van der Waals surface area contributed by atoms with Gasteiger partial charge in [0.05, 0.1) is 11.6 Å². The van der Waals surface area contributed by atoms with Crippen molar-refractivity contribution in [1.82, 2.24) is 9.97 Å². The summed E-state index contributed by atoms with van der Waals surface area (Å²) in [6, 6.07) is 12.4. The molecular formula is C20H22N4. The first-order chi connectivity index (χ1) is 11.7. The monoisotopic (exact) mass is 318 g/mol. The van der Waals surface area contributed by atoms with Crippen molar-refractivity contribution in [1.29, 1.82) is 0 Å². The Labute approximate surface area is 142 Å². The largest absolute Gasteiger partial charge is 0.371 e. The van der Waals surface area contributed by atoms with Gasteiger partial charge >= 0.3 is 0 Å². The van der Waals surface area contributed by atoms with Crippen LogP contribution in [0.15, 0.2) is 48.8 Å². The van der Waals surface area contributed by atoms with Gasteiger partial charge in [-0.05, 0) is 55.2 Å². The highest BCUT2D eigenvalue weighted by atomic mass is 15.1. The lowest BCUT2D eigenvalue weighted by Crippen LogP contribution is -2.18. The number of benzene rings is 1. The number of fused-ring (bicyclic) bond motifs is 1. The number of hydrogen-bond acceptors (Lipinski definition) is 4. The molecule has 0 radical (unpaired) electrons. The van der Waals surface area contributed by atoms with Crippen LogP contribution in [0.25, 0.3) is 10.9 Å². The molecule has 4 rings (SSSR count). The van der Waals surface area contributed by atoms with Gasteiger partial charge in [-0.1, -0.05) is 12.1 Å². The van der Waals surface area contributed by atoms with Gasteiger partial charge in [-0.2, -0.15) is 0 Å². The summed E-state index contributed by atoms with van der Waals surface area (Å²) in [4.78, 5) is 11.3. The highest BCUT2D eigenvalue weighted by Gasteiger charge is 2.17. The smallest absolute Gasteiger partial charge is 0.0729 e. The standard InChI is InChI=1S/C20H22N4/c1-14-12-19(24-10-2-3-11-24)17-5-4-16(13-18(17)23-14)20(21)15-6-8-22-9-7-15/h4-9,12-13,20H,2-3,10-11,21H2,1H3. The van der Waals surface area contributed by atoms with Crippen LogP contribution in [0.1, 0.15) is 35.7 Å². The second-order valence-corrected chi connectivity index (χ2v) is 6.51. The molecule has 2 N–H and O–H groups in total. The fraction of sp³-hybridized carbons (Fsp3) is 0.300. The lowest BCUT2D eigenvalue weighted by molar-refractivity contribution is 0.869. The molecule has 24 heavy (non-hydrogen) atoms. The second-order valence-electron chi connectivity index (χ2n) is 6.51. The van der Waals surface area contributed by atoms with Gasteiger partial charge in [0.15, 0.2) is 0 Å². The maximum atomic E-state index is 6.44. The van der Waals surface area contributed by atoms with Crippen LogP contribution in [-0.4, -0.2) is 23.1 Å². The van der Waals surface area contributed by atoms with Crippen molar-refractivity contribution in [3.05, 3.63) is 65.6 Å². The summed E-state index contributed by atoms with van der Waals surface area (Å²) in [5, 5.41) is 1.22. The maximum Gasteiger partial charge on any atom is 0.0729 e. The van der Waals surface area contributed by atoms with Gasteiger partial charge in [-0.25, -0.2) is 0 Å². The summed E-state index contributed by atoms with van der Waals surface area (Å²) in [5.41, 5.74) is 12.0. The molecule has 1 atom stereocenters. The molecule has 3 heterocycles. The molecule has 2 aromatic heterocycles. The highest BCUT2D eigenvalue weighted by Crippen LogP contribution is 2.31. The van der Waals surface area contributed by atoms with Crippen molar-refractivity contribution >= 4 is 16.6 Å². The van der Waals surface area contributed by atoms with Gasteiger partial charge in [0, 0.05) is 42.3 Å². The van der Waals surface area contributed by atoms with Gasteiger partial charge in [-0.3, -0.25) is 9.97 Å². The van der Waals surface area contributed by atoms with Gasteiger partial charge in [0.1, 0.15) is 0 Å². The zero-order valence-corrected chi connectivity index (χ0v) is 13.9. The van der Waals surface area contributed by atoms with Crippen LogP contribution in [-0.2, 0) is 0 Å². The molecule has 1 fully saturated rings. The maximum absolute atomic E-state index is 6.44. The molecule has 1 unspecified atom stereocenters. The van der Waals surface area contributed by atoms with Crippen LogP contribution >= 0.6 is 0 Å². The van der Waals surface area contributed by atoms with E-state index in [1.54, 1.807) is 12.4 Å². The molecule has 1 aliphatic rings. The minimum Gasteiger partial charge on any atom is -0.371 e. The molecule has 0 amide bonds. The molecule has 0 spiro atoms. The minimum atomic E-state index is -0.157. The molecular weight excluding hydrogens is 296 g/mol. The van der Waals surface area contributed by atoms with Crippen molar-refractivity contribution in [3.8, 4) is 0 Å². The third-order valence-corrected chi connectivity index (χ3v) is 4.81. The third-order valence-electron chi connectivity index (χ3n) is 4.81. The first kappa shape index (κ1) is 15.1. The van der Waals surface area contributed by atoms with Crippen LogP contribution in [0.4, 0.5) is 5.69 Å². The van der Waals surface area contributed by atoms with Gasteiger partial charge in [-0.15, -0.1) is 0 Å². The fourth-order valence-corrected chi connectivity index (χ4v) is 3.53. The Morgan fingerprint density at radius 3 is 2.50 bits per heavy atom. The van der Waals surface area contributed by atoms with E-state index >= 15 is 0 Å². The molecule has 0 saturated carbocycles. The van der Waals surface area contributed by atoms with Crippen LogP contribution < -0.4 is 10.6 Å². The lowest BCUT2D eigenvalue weighted by atomic mass is 9.98. The summed E-state index contributed by atoms with van der Waals surface area (Å²) in [6.45, 7) is 4.34. The summed E-state index contributed by atoms with van der Waals surface area (Å²) >= 11 is 0. The van der Waals surface area contributed by atoms with E-state index in [-0.39, 0.29) is 6.04 Å². The quantitative estimate of drug-likeness (QED) is 0.802. The summed E-state index contributed by atoms with van der Waals surface area (Å²) in [7, 11) is 0. The van der Waals surface area contributed by atoms with E-state index < -0.39 is 0 Å². The molecule has 0 bridgehead atoms. The molecule has 3 aromatic rings. The average molecular weight is 318 g/mol. The molecule has 4 nitrogen and oxygen atoms in total. The van der Waals surface area contributed by atoms with E-state index in [2.05, 4.69) is 41.1 Å². The lowest BCUT2D eigenvalue weighted by Gasteiger charge is -2.21. The van der Waals surface area contributed by atoms with E-state index in [9.17, 15) is 0 Å². The molecule has 4 heteroatoms. The van der Waals surface area contributed by atoms with E-state index in [1.165, 1.54) is 23.9 Å². The topological polar surface area (TPSA) is 55.0 Å². The van der Waals surface area contributed by atoms with Crippen molar-refractivity contribution in [3.63, 3.8) is 0 Å². The summed E-state index contributed by atoms with van der Waals surface area (Å²) in [6.07, 6.45) is 6.11. The Morgan fingerprint density at radius 2 is 1.75 bits per heavy atom. The second kappa shape index (κ2) is 6.21. The Morgan fingerprint density at radius 1 is 1.00 bits per heavy atom. The highest BCUT2D eigenvalue weighted by molar-refractivity contribution is 5.92. The van der Waals surface area contributed by atoms with Crippen LogP contribution in [0.2, 0.25) is 0 Å². The third kappa shape index (κ3) is 2.74. The number of rotatable bonds is 3. The number of pyridine rings is 2. The predicted molar refractivity (Wildman–Crippen MR) is 98.2 cm³/mol. The predicted octanol–water partition coefficient (Wildman–Crippen LogP) is 3.59. The molecule has 1 aromatic carbocycles. The van der Waals surface area contributed by atoms with E-state index in [0.29, 0.717) is 0 Å². The van der Waals surface area contributed by atoms with Crippen LogP contribution in [0, 0.1) is 6.92 Å². The van der Waals surface area contributed by atoms with E-state index in [0.717, 1.165) is 35.4 Å². The Balaban J connectivity index is 1.78. The van der Waals surface area contributed by atoms with E-state index in [1.807, 2.05) is 12.1 Å². The first-order valence-corrected chi connectivity index (χ1v) is 8.54. The molecule has 122 valence electrons. The minimum absolute atomic E-state index is 0.157.